The number of furan rings is 1. The fraction of sp³-hybridized carbons (Fsp3) is 0.160. The molecule has 2 aromatic heterocycles. The van der Waals surface area contributed by atoms with Gasteiger partial charge in [-0.15, -0.1) is 10.2 Å². The standard InChI is InChI=1S/C25H23N3O2S/c1-17-8-10-20(11-9-17)22-13-15-24(28-27-22)31-16-21-12-14-23(30-21)25(29)26-18(2)19-6-4-3-5-7-19/h3-15,18H,16H2,1-2H3,(H,26,29)/t18-/m0/s1. The summed E-state index contributed by atoms with van der Waals surface area (Å²) in [5.74, 6) is 1.36. The zero-order chi connectivity index (χ0) is 21.6. The van der Waals surface area contributed by atoms with Crippen molar-refractivity contribution >= 4 is 17.7 Å². The number of nitrogens with zero attached hydrogens (tertiary/aromatic N) is 2. The van der Waals surface area contributed by atoms with E-state index in [9.17, 15) is 4.79 Å². The minimum absolute atomic E-state index is 0.0982. The maximum atomic E-state index is 12.5. The molecule has 1 atom stereocenters. The SMILES string of the molecule is Cc1ccc(-c2ccc(SCc3ccc(C(=O)N[C@@H](C)c4ccccc4)o3)nn2)cc1. The minimum atomic E-state index is -0.227. The third-order valence-electron chi connectivity index (χ3n) is 4.88. The molecule has 0 aliphatic carbocycles. The highest BCUT2D eigenvalue weighted by Gasteiger charge is 2.15. The number of thioether (sulfide) groups is 1. The van der Waals surface area contributed by atoms with E-state index >= 15 is 0 Å². The van der Waals surface area contributed by atoms with Crippen molar-refractivity contribution in [2.75, 3.05) is 0 Å². The van der Waals surface area contributed by atoms with Gasteiger partial charge in [-0.3, -0.25) is 4.79 Å². The first-order valence-electron chi connectivity index (χ1n) is 10.1. The fourth-order valence-electron chi connectivity index (χ4n) is 3.09. The molecule has 4 rings (SSSR count). The van der Waals surface area contributed by atoms with Crippen molar-refractivity contribution in [3.63, 3.8) is 0 Å². The molecule has 4 aromatic rings. The van der Waals surface area contributed by atoms with Crippen LogP contribution in [0.1, 0.15) is 40.4 Å². The van der Waals surface area contributed by atoms with Crippen LogP contribution in [0.2, 0.25) is 0 Å². The zero-order valence-corrected chi connectivity index (χ0v) is 18.2. The average molecular weight is 430 g/mol. The van der Waals surface area contributed by atoms with E-state index in [1.54, 1.807) is 6.07 Å². The first-order valence-corrected chi connectivity index (χ1v) is 11.0. The summed E-state index contributed by atoms with van der Waals surface area (Å²) < 4.78 is 5.73. The Bertz CT molecular complexity index is 1140. The number of carbonyl (C=O) groups excluding carboxylic acids is 1. The topological polar surface area (TPSA) is 68.0 Å². The molecule has 2 heterocycles. The van der Waals surface area contributed by atoms with Gasteiger partial charge < -0.3 is 9.73 Å². The van der Waals surface area contributed by atoms with Crippen molar-refractivity contribution in [2.24, 2.45) is 0 Å². The third-order valence-corrected chi connectivity index (χ3v) is 5.82. The predicted molar refractivity (Wildman–Crippen MR) is 123 cm³/mol. The zero-order valence-electron chi connectivity index (χ0n) is 17.4. The van der Waals surface area contributed by atoms with E-state index in [0.717, 1.165) is 21.8 Å². The Morgan fingerprint density at radius 2 is 1.74 bits per heavy atom. The molecule has 1 N–H and O–H groups in total. The number of hydrogen-bond acceptors (Lipinski definition) is 5. The number of rotatable bonds is 7. The minimum Gasteiger partial charge on any atom is -0.455 e. The summed E-state index contributed by atoms with van der Waals surface area (Å²) in [6.07, 6.45) is 0. The van der Waals surface area contributed by atoms with Crippen LogP contribution in [0.15, 0.2) is 88.3 Å². The lowest BCUT2D eigenvalue weighted by Gasteiger charge is -2.13. The summed E-state index contributed by atoms with van der Waals surface area (Å²) in [6.45, 7) is 4.01. The van der Waals surface area contributed by atoms with Gasteiger partial charge >= 0.3 is 0 Å². The Morgan fingerprint density at radius 3 is 2.45 bits per heavy atom. The lowest BCUT2D eigenvalue weighted by atomic mass is 10.1. The molecule has 5 nitrogen and oxygen atoms in total. The summed E-state index contributed by atoms with van der Waals surface area (Å²) in [4.78, 5) is 12.5. The van der Waals surface area contributed by atoms with Gasteiger partial charge in [0.1, 0.15) is 10.8 Å². The molecule has 0 aliphatic rings. The monoisotopic (exact) mass is 429 g/mol. The summed E-state index contributed by atoms with van der Waals surface area (Å²) in [6, 6.07) is 25.4. The Labute approximate surface area is 185 Å². The van der Waals surface area contributed by atoms with Gasteiger partial charge in [0.05, 0.1) is 17.5 Å². The highest BCUT2D eigenvalue weighted by Crippen LogP contribution is 2.24. The third kappa shape index (κ3) is 5.41. The number of amides is 1. The van der Waals surface area contributed by atoms with E-state index in [2.05, 4.69) is 34.6 Å². The van der Waals surface area contributed by atoms with E-state index in [4.69, 9.17) is 4.42 Å². The molecule has 0 unspecified atom stereocenters. The van der Waals surface area contributed by atoms with Crippen molar-refractivity contribution in [1.29, 1.82) is 0 Å². The van der Waals surface area contributed by atoms with Gasteiger partial charge in [0.25, 0.3) is 5.91 Å². The van der Waals surface area contributed by atoms with Gasteiger partial charge in [-0.25, -0.2) is 0 Å². The first-order chi connectivity index (χ1) is 15.1. The van der Waals surface area contributed by atoms with Crippen molar-refractivity contribution in [2.45, 2.75) is 30.7 Å². The lowest BCUT2D eigenvalue weighted by molar-refractivity contribution is 0.0910. The van der Waals surface area contributed by atoms with Crippen LogP contribution >= 0.6 is 11.8 Å². The molecule has 31 heavy (non-hydrogen) atoms. The number of carbonyl (C=O) groups is 1. The molecule has 6 heteroatoms. The molecule has 0 bridgehead atoms. The van der Waals surface area contributed by atoms with Crippen LogP contribution in [0.25, 0.3) is 11.3 Å². The number of aromatic nitrogens is 2. The first kappa shape index (κ1) is 20.9. The molecule has 0 saturated carbocycles. The maximum absolute atomic E-state index is 12.5. The molecule has 2 aromatic carbocycles. The number of hydrogen-bond donors (Lipinski definition) is 1. The lowest BCUT2D eigenvalue weighted by Crippen LogP contribution is -2.26. The Morgan fingerprint density at radius 1 is 0.968 bits per heavy atom. The molecule has 0 fully saturated rings. The summed E-state index contributed by atoms with van der Waals surface area (Å²) in [7, 11) is 0. The Kier molecular flexibility index (Phi) is 6.48. The second-order valence-electron chi connectivity index (χ2n) is 7.28. The highest BCUT2D eigenvalue weighted by molar-refractivity contribution is 7.98. The second-order valence-corrected chi connectivity index (χ2v) is 8.28. The number of aryl methyl sites for hydroxylation is 1. The van der Waals surface area contributed by atoms with E-state index in [0.29, 0.717) is 17.3 Å². The van der Waals surface area contributed by atoms with Crippen LogP contribution < -0.4 is 5.32 Å². The molecule has 0 spiro atoms. The molecular weight excluding hydrogens is 406 g/mol. The maximum Gasteiger partial charge on any atom is 0.287 e. The van der Waals surface area contributed by atoms with Crippen LogP contribution in [0.5, 0.6) is 0 Å². The normalized spacial score (nSPS) is 11.8. The van der Waals surface area contributed by atoms with E-state index in [1.165, 1.54) is 17.3 Å². The van der Waals surface area contributed by atoms with Gasteiger partial charge in [-0.05, 0) is 43.7 Å². The molecule has 0 radical (unpaired) electrons. The summed E-state index contributed by atoms with van der Waals surface area (Å²) in [5.41, 5.74) is 4.14. The van der Waals surface area contributed by atoms with Crippen LogP contribution in [-0.4, -0.2) is 16.1 Å². The van der Waals surface area contributed by atoms with E-state index < -0.39 is 0 Å². The van der Waals surface area contributed by atoms with Gasteiger partial charge in [-0.2, -0.15) is 0 Å². The highest BCUT2D eigenvalue weighted by atomic mass is 32.2. The van der Waals surface area contributed by atoms with Crippen LogP contribution in [0.3, 0.4) is 0 Å². The predicted octanol–water partition coefficient (Wildman–Crippen LogP) is 5.83. The summed E-state index contributed by atoms with van der Waals surface area (Å²) >= 11 is 1.52. The van der Waals surface area contributed by atoms with Gasteiger partial charge in [0, 0.05) is 5.56 Å². The van der Waals surface area contributed by atoms with Crippen LogP contribution in [0, 0.1) is 6.92 Å². The van der Waals surface area contributed by atoms with Crippen LogP contribution in [-0.2, 0) is 5.75 Å². The Balaban J connectivity index is 1.32. The largest absolute Gasteiger partial charge is 0.455 e. The van der Waals surface area contributed by atoms with Gasteiger partial charge in [0.2, 0.25) is 0 Å². The van der Waals surface area contributed by atoms with Crippen LogP contribution in [0.4, 0.5) is 0 Å². The quantitative estimate of drug-likeness (QED) is 0.375. The van der Waals surface area contributed by atoms with E-state index in [1.807, 2.05) is 67.6 Å². The number of benzene rings is 2. The molecular formula is C25H23N3O2S. The summed E-state index contributed by atoms with van der Waals surface area (Å²) in [5, 5.41) is 12.4. The smallest absolute Gasteiger partial charge is 0.287 e. The van der Waals surface area contributed by atoms with Gasteiger partial charge in [0.15, 0.2) is 5.76 Å². The van der Waals surface area contributed by atoms with Crippen molar-refractivity contribution < 1.29 is 9.21 Å². The Hall–Kier alpha value is -3.38. The average Bonchev–Trinajstić information content (AvgIpc) is 3.28. The van der Waals surface area contributed by atoms with E-state index in [-0.39, 0.29) is 11.9 Å². The fourth-order valence-corrected chi connectivity index (χ4v) is 3.80. The molecule has 1 amide bonds. The van der Waals surface area contributed by atoms with Crippen molar-refractivity contribution in [1.82, 2.24) is 15.5 Å². The number of nitrogens with one attached hydrogen (secondary N) is 1. The molecule has 0 aliphatic heterocycles. The second kappa shape index (κ2) is 9.62. The molecule has 156 valence electrons. The van der Waals surface area contributed by atoms with Gasteiger partial charge in [-0.1, -0.05) is 71.9 Å². The van der Waals surface area contributed by atoms with Crippen molar-refractivity contribution in [3.8, 4) is 11.3 Å². The van der Waals surface area contributed by atoms with Crippen molar-refractivity contribution in [3.05, 3.63) is 102 Å². The molecule has 0 saturated heterocycles.